The van der Waals surface area contributed by atoms with Crippen LogP contribution in [0.1, 0.15) is 49.8 Å². The molecule has 2 saturated carbocycles. The summed E-state index contributed by atoms with van der Waals surface area (Å²) in [6, 6.07) is 9.35. The minimum atomic E-state index is 0.480. The topological polar surface area (TPSA) is 15.3 Å². The molecule has 1 aromatic rings. The maximum atomic E-state index is 3.72. The molecule has 1 unspecified atom stereocenters. The van der Waals surface area contributed by atoms with E-state index in [0.29, 0.717) is 6.04 Å². The number of hydrogen-bond acceptors (Lipinski definition) is 2. The predicted molar refractivity (Wildman–Crippen MR) is 89.5 cm³/mol. The molecule has 1 atom stereocenters. The first-order valence-corrected chi connectivity index (χ1v) is 8.77. The van der Waals surface area contributed by atoms with Gasteiger partial charge in [-0.1, -0.05) is 31.2 Å². The Morgan fingerprint density at radius 1 is 1.10 bits per heavy atom. The van der Waals surface area contributed by atoms with Gasteiger partial charge in [-0.15, -0.1) is 0 Å². The first-order chi connectivity index (χ1) is 10.3. The van der Waals surface area contributed by atoms with Gasteiger partial charge in [0.25, 0.3) is 0 Å². The zero-order chi connectivity index (χ0) is 14.7. The Morgan fingerprint density at radius 2 is 1.71 bits per heavy atom. The summed E-state index contributed by atoms with van der Waals surface area (Å²) >= 11 is 0. The van der Waals surface area contributed by atoms with Crippen molar-refractivity contribution >= 4 is 0 Å². The molecular formula is C19H30N2. The Bertz CT molecular complexity index is 435. The molecule has 0 aliphatic heterocycles. The highest BCUT2D eigenvalue weighted by Gasteiger charge is 2.30. The Balaban J connectivity index is 1.67. The first-order valence-electron chi connectivity index (χ1n) is 8.77. The third-order valence-electron chi connectivity index (χ3n) is 4.88. The molecule has 0 amide bonds. The number of nitrogens with zero attached hydrogens (tertiary/aromatic N) is 1. The third-order valence-corrected chi connectivity index (χ3v) is 4.88. The van der Waals surface area contributed by atoms with Gasteiger partial charge in [0.05, 0.1) is 0 Å². The highest BCUT2D eigenvalue weighted by molar-refractivity contribution is 5.29. The lowest BCUT2D eigenvalue weighted by Gasteiger charge is -2.29. The van der Waals surface area contributed by atoms with E-state index in [9.17, 15) is 0 Å². The van der Waals surface area contributed by atoms with E-state index in [1.165, 1.54) is 56.4 Å². The maximum absolute atomic E-state index is 3.72. The average molecular weight is 286 g/mol. The van der Waals surface area contributed by atoms with Crippen LogP contribution in [-0.2, 0) is 0 Å². The van der Waals surface area contributed by atoms with Gasteiger partial charge in [0.2, 0.25) is 0 Å². The quantitative estimate of drug-likeness (QED) is 0.743. The zero-order valence-corrected chi connectivity index (χ0v) is 13.6. The second-order valence-corrected chi connectivity index (χ2v) is 7.07. The Morgan fingerprint density at radius 3 is 2.24 bits per heavy atom. The van der Waals surface area contributed by atoms with Crippen LogP contribution in [-0.4, -0.2) is 31.1 Å². The number of rotatable bonds is 9. The second-order valence-electron chi connectivity index (χ2n) is 7.07. The van der Waals surface area contributed by atoms with Crippen molar-refractivity contribution in [2.45, 2.75) is 45.6 Å². The molecule has 0 bridgehead atoms. The summed E-state index contributed by atoms with van der Waals surface area (Å²) in [5.74, 6) is 1.98. The Hall–Kier alpha value is -0.860. The summed E-state index contributed by atoms with van der Waals surface area (Å²) in [6.45, 7) is 9.32. The molecule has 0 spiro atoms. The lowest BCUT2D eigenvalue weighted by Crippen LogP contribution is -2.38. The highest BCUT2D eigenvalue weighted by atomic mass is 15.2. The van der Waals surface area contributed by atoms with E-state index in [2.05, 4.69) is 48.3 Å². The maximum Gasteiger partial charge on any atom is 0.0451 e. The van der Waals surface area contributed by atoms with Crippen molar-refractivity contribution in [1.29, 1.82) is 0 Å². The van der Waals surface area contributed by atoms with Gasteiger partial charge in [-0.25, -0.2) is 0 Å². The third kappa shape index (κ3) is 4.55. The van der Waals surface area contributed by atoms with Crippen molar-refractivity contribution in [2.75, 3.05) is 26.2 Å². The predicted octanol–water partition coefficient (Wildman–Crippen LogP) is 3.77. The summed E-state index contributed by atoms with van der Waals surface area (Å²) in [5.41, 5.74) is 2.90. The summed E-state index contributed by atoms with van der Waals surface area (Å²) < 4.78 is 0. The largest absolute Gasteiger partial charge is 0.309 e. The average Bonchev–Trinajstić information content (AvgIpc) is 3.35. The van der Waals surface area contributed by atoms with E-state index in [0.717, 1.165) is 18.4 Å². The fraction of sp³-hybridized carbons (Fsp3) is 0.684. The smallest absolute Gasteiger partial charge is 0.0451 e. The summed E-state index contributed by atoms with van der Waals surface area (Å²) in [5, 5.41) is 3.72. The fourth-order valence-electron chi connectivity index (χ4n) is 3.31. The fourth-order valence-corrected chi connectivity index (χ4v) is 3.31. The molecule has 1 aromatic carbocycles. The van der Waals surface area contributed by atoms with Gasteiger partial charge in [0.15, 0.2) is 0 Å². The molecule has 2 aliphatic rings. The van der Waals surface area contributed by atoms with E-state index in [4.69, 9.17) is 0 Å². The van der Waals surface area contributed by atoms with Crippen LogP contribution >= 0.6 is 0 Å². The van der Waals surface area contributed by atoms with Crippen LogP contribution in [0.5, 0.6) is 0 Å². The van der Waals surface area contributed by atoms with E-state index >= 15 is 0 Å². The molecule has 0 aromatic heterocycles. The van der Waals surface area contributed by atoms with Gasteiger partial charge in [0, 0.05) is 25.7 Å². The number of hydrogen-bond donors (Lipinski definition) is 1. The highest BCUT2D eigenvalue weighted by Crippen LogP contribution is 2.34. The van der Waals surface area contributed by atoms with Gasteiger partial charge in [-0.2, -0.15) is 0 Å². The molecular weight excluding hydrogens is 256 g/mol. The van der Waals surface area contributed by atoms with E-state index < -0.39 is 0 Å². The van der Waals surface area contributed by atoms with Crippen LogP contribution in [0.25, 0.3) is 0 Å². The van der Waals surface area contributed by atoms with Crippen LogP contribution in [0.15, 0.2) is 24.3 Å². The molecule has 2 aliphatic carbocycles. The molecule has 2 nitrogen and oxygen atoms in total. The zero-order valence-electron chi connectivity index (χ0n) is 13.6. The van der Waals surface area contributed by atoms with Gasteiger partial charge in [0.1, 0.15) is 0 Å². The molecule has 0 saturated heterocycles. The number of benzene rings is 1. The standard InChI is InChI=1S/C19H30N2/c1-3-20-19(18-7-5-4-6-15(18)2)14-21(12-16-8-9-16)13-17-10-11-17/h4-7,16-17,19-20H,3,8-14H2,1-2H3. The summed E-state index contributed by atoms with van der Waals surface area (Å²) in [6.07, 6.45) is 5.82. The Labute approximate surface area is 129 Å². The lowest BCUT2D eigenvalue weighted by molar-refractivity contribution is 0.225. The molecule has 2 fully saturated rings. The lowest BCUT2D eigenvalue weighted by atomic mass is 10.0. The second kappa shape index (κ2) is 6.93. The Kier molecular flexibility index (Phi) is 4.97. The van der Waals surface area contributed by atoms with Crippen LogP contribution in [0.4, 0.5) is 0 Å². The van der Waals surface area contributed by atoms with Crippen LogP contribution in [0.3, 0.4) is 0 Å². The van der Waals surface area contributed by atoms with E-state index in [-0.39, 0.29) is 0 Å². The molecule has 0 heterocycles. The monoisotopic (exact) mass is 286 g/mol. The SMILES string of the molecule is CCNC(CN(CC1CC1)CC1CC1)c1ccccc1C. The summed E-state index contributed by atoms with van der Waals surface area (Å²) in [7, 11) is 0. The van der Waals surface area contributed by atoms with Crippen LogP contribution in [0.2, 0.25) is 0 Å². The van der Waals surface area contributed by atoms with E-state index in [1.54, 1.807) is 0 Å². The van der Waals surface area contributed by atoms with Crippen LogP contribution < -0.4 is 5.32 Å². The van der Waals surface area contributed by atoms with Crippen molar-refractivity contribution < 1.29 is 0 Å². The van der Waals surface area contributed by atoms with Crippen molar-refractivity contribution in [1.82, 2.24) is 10.2 Å². The van der Waals surface area contributed by atoms with Gasteiger partial charge < -0.3 is 10.2 Å². The molecule has 1 N–H and O–H groups in total. The molecule has 0 radical (unpaired) electrons. The molecule has 2 heteroatoms. The minimum absolute atomic E-state index is 0.480. The molecule has 3 rings (SSSR count). The minimum Gasteiger partial charge on any atom is -0.309 e. The number of aryl methyl sites for hydroxylation is 1. The van der Waals surface area contributed by atoms with Crippen molar-refractivity contribution in [2.24, 2.45) is 11.8 Å². The van der Waals surface area contributed by atoms with Crippen molar-refractivity contribution in [3.8, 4) is 0 Å². The molecule has 21 heavy (non-hydrogen) atoms. The van der Waals surface area contributed by atoms with Gasteiger partial charge in [-0.3, -0.25) is 0 Å². The molecule has 116 valence electrons. The number of nitrogens with one attached hydrogen (secondary N) is 1. The van der Waals surface area contributed by atoms with Crippen molar-refractivity contribution in [3.63, 3.8) is 0 Å². The van der Waals surface area contributed by atoms with Gasteiger partial charge >= 0.3 is 0 Å². The van der Waals surface area contributed by atoms with Crippen molar-refractivity contribution in [3.05, 3.63) is 35.4 Å². The van der Waals surface area contributed by atoms with Crippen LogP contribution in [0, 0.1) is 18.8 Å². The first kappa shape index (κ1) is 15.1. The van der Waals surface area contributed by atoms with Gasteiger partial charge in [-0.05, 0) is 62.1 Å². The normalized spacial score (nSPS) is 20.0. The van der Waals surface area contributed by atoms with E-state index in [1.807, 2.05) is 0 Å². The summed E-state index contributed by atoms with van der Waals surface area (Å²) in [4.78, 5) is 2.75. The number of likely N-dealkylation sites (N-methyl/N-ethyl adjacent to an activating group) is 1.